The molecule has 31 heavy (non-hydrogen) atoms. The summed E-state index contributed by atoms with van der Waals surface area (Å²) in [6, 6.07) is 18.8. The lowest BCUT2D eigenvalue weighted by molar-refractivity contribution is -0.742. The molecular formula is C21H26ClN3O6. The summed E-state index contributed by atoms with van der Waals surface area (Å²) in [5, 5.41) is 23.0. The van der Waals surface area contributed by atoms with Gasteiger partial charge in [-0.05, 0) is 23.3 Å². The summed E-state index contributed by atoms with van der Waals surface area (Å²) < 4.78 is 5.15. The van der Waals surface area contributed by atoms with Crippen molar-refractivity contribution in [3.63, 3.8) is 0 Å². The maximum atomic E-state index is 10.5. The van der Waals surface area contributed by atoms with Crippen molar-refractivity contribution in [2.45, 2.75) is 6.04 Å². The van der Waals surface area contributed by atoms with Crippen molar-refractivity contribution in [2.75, 3.05) is 45.9 Å². The second kappa shape index (κ2) is 12.9. The highest BCUT2D eigenvalue weighted by Crippen LogP contribution is 2.30. The lowest BCUT2D eigenvalue weighted by Crippen LogP contribution is -2.48. The van der Waals surface area contributed by atoms with E-state index in [2.05, 4.69) is 46.2 Å². The third kappa shape index (κ3) is 8.89. The summed E-state index contributed by atoms with van der Waals surface area (Å²) in [6.45, 7) is 4.75. The zero-order chi connectivity index (χ0) is 22.6. The van der Waals surface area contributed by atoms with E-state index in [1.165, 1.54) is 11.1 Å². The molecule has 1 saturated heterocycles. The van der Waals surface area contributed by atoms with Gasteiger partial charge in [-0.2, -0.15) is 0 Å². The first-order valence-electron chi connectivity index (χ1n) is 9.76. The second-order valence-electron chi connectivity index (χ2n) is 6.93. The van der Waals surface area contributed by atoms with Crippen LogP contribution in [0, 0.1) is 10.1 Å². The number of carboxylic acids is 1. The van der Waals surface area contributed by atoms with E-state index in [0.29, 0.717) is 6.61 Å². The van der Waals surface area contributed by atoms with Crippen molar-refractivity contribution in [1.29, 1.82) is 0 Å². The Balaban J connectivity index is 0.000000785. The lowest BCUT2D eigenvalue weighted by Gasteiger charge is -2.39. The van der Waals surface area contributed by atoms with Crippen molar-refractivity contribution >= 4 is 17.6 Å². The van der Waals surface area contributed by atoms with E-state index in [-0.39, 0.29) is 12.6 Å². The quantitative estimate of drug-likeness (QED) is 0.357. The van der Waals surface area contributed by atoms with Crippen LogP contribution in [-0.2, 0) is 9.53 Å². The van der Waals surface area contributed by atoms with Crippen molar-refractivity contribution in [3.05, 3.63) is 80.9 Å². The first-order chi connectivity index (χ1) is 14.9. The molecule has 3 rings (SSSR count). The number of rotatable bonds is 8. The molecule has 0 aromatic heterocycles. The molecule has 2 N–H and O–H groups in total. The molecule has 0 bridgehead atoms. The van der Waals surface area contributed by atoms with Gasteiger partial charge in [-0.3, -0.25) is 9.80 Å². The number of piperazine rings is 1. The van der Waals surface area contributed by atoms with E-state index in [9.17, 15) is 4.79 Å². The monoisotopic (exact) mass is 451 g/mol. The number of ether oxygens (including phenoxy) is 1. The SMILES string of the molecule is O=C(O)COCCN1CCN(C(c2ccccc2)c2ccc(Cl)cc2)CC1.O=[N+]([O-])O. The minimum Gasteiger partial charge on any atom is -0.480 e. The van der Waals surface area contributed by atoms with Crippen molar-refractivity contribution in [3.8, 4) is 0 Å². The zero-order valence-corrected chi connectivity index (χ0v) is 17.7. The fourth-order valence-corrected chi connectivity index (χ4v) is 3.62. The number of carboxylic acid groups (broad SMARTS) is 1. The van der Waals surface area contributed by atoms with Crippen LogP contribution in [0.2, 0.25) is 5.02 Å². The lowest BCUT2D eigenvalue weighted by atomic mass is 9.96. The van der Waals surface area contributed by atoms with Gasteiger partial charge in [0.25, 0.3) is 5.09 Å². The number of nitrogens with zero attached hydrogens (tertiary/aromatic N) is 3. The molecule has 2 aromatic carbocycles. The van der Waals surface area contributed by atoms with Crippen LogP contribution in [0.25, 0.3) is 0 Å². The predicted octanol–water partition coefficient (Wildman–Crippen LogP) is 2.80. The first-order valence-corrected chi connectivity index (χ1v) is 10.1. The molecule has 0 amide bonds. The van der Waals surface area contributed by atoms with Crippen molar-refractivity contribution in [1.82, 2.24) is 9.80 Å². The number of carbonyl (C=O) groups is 1. The highest BCUT2D eigenvalue weighted by atomic mass is 35.5. The Kier molecular flexibility index (Phi) is 10.2. The van der Waals surface area contributed by atoms with Gasteiger partial charge in [-0.15, -0.1) is 10.1 Å². The Labute approximate surface area is 185 Å². The smallest absolute Gasteiger partial charge is 0.329 e. The van der Waals surface area contributed by atoms with Gasteiger partial charge in [-0.1, -0.05) is 54.1 Å². The molecule has 1 aliphatic rings. The maximum absolute atomic E-state index is 10.5. The van der Waals surface area contributed by atoms with Crippen LogP contribution >= 0.6 is 11.6 Å². The number of aliphatic carboxylic acids is 1. The Bertz CT molecular complexity index is 810. The van der Waals surface area contributed by atoms with E-state index in [1.54, 1.807) is 0 Å². The fourth-order valence-electron chi connectivity index (χ4n) is 3.49. The predicted molar refractivity (Wildman–Crippen MR) is 115 cm³/mol. The molecule has 0 saturated carbocycles. The van der Waals surface area contributed by atoms with Crippen LogP contribution in [0.3, 0.4) is 0 Å². The number of hydrogen-bond donors (Lipinski definition) is 2. The molecule has 1 fully saturated rings. The zero-order valence-electron chi connectivity index (χ0n) is 17.0. The van der Waals surface area contributed by atoms with Crippen LogP contribution < -0.4 is 0 Å². The molecule has 0 aliphatic carbocycles. The summed E-state index contributed by atoms with van der Waals surface area (Å²) in [4.78, 5) is 23.7. The van der Waals surface area contributed by atoms with Crippen LogP contribution in [0.4, 0.5) is 0 Å². The molecule has 1 heterocycles. The molecule has 168 valence electrons. The van der Waals surface area contributed by atoms with Gasteiger partial charge < -0.3 is 15.1 Å². The van der Waals surface area contributed by atoms with Gasteiger partial charge in [0.2, 0.25) is 0 Å². The molecule has 2 aromatic rings. The number of halogens is 1. The summed E-state index contributed by atoms with van der Waals surface area (Å²) in [5.41, 5.74) is 2.52. The molecule has 1 atom stereocenters. The first kappa shape index (κ1) is 24.5. The largest absolute Gasteiger partial charge is 0.480 e. The Hall–Kier alpha value is -2.72. The molecule has 1 aliphatic heterocycles. The third-order valence-corrected chi connectivity index (χ3v) is 5.10. The van der Waals surface area contributed by atoms with Crippen molar-refractivity contribution in [2.24, 2.45) is 0 Å². The molecule has 0 spiro atoms. The summed E-state index contributed by atoms with van der Waals surface area (Å²) in [7, 11) is 0. The Morgan fingerprint density at radius 2 is 1.61 bits per heavy atom. The molecular weight excluding hydrogens is 426 g/mol. The normalized spacial score (nSPS) is 15.5. The summed E-state index contributed by atoms with van der Waals surface area (Å²) in [6.07, 6.45) is 0. The Morgan fingerprint density at radius 3 is 2.16 bits per heavy atom. The third-order valence-electron chi connectivity index (χ3n) is 4.85. The molecule has 0 radical (unpaired) electrons. The van der Waals surface area contributed by atoms with Crippen LogP contribution in [0.5, 0.6) is 0 Å². The van der Waals surface area contributed by atoms with Crippen molar-refractivity contribution < 1.29 is 24.9 Å². The van der Waals surface area contributed by atoms with Gasteiger partial charge in [-0.25, -0.2) is 4.79 Å². The van der Waals surface area contributed by atoms with E-state index in [0.717, 1.165) is 37.7 Å². The maximum Gasteiger partial charge on any atom is 0.329 e. The molecule has 1 unspecified atom stereocenters. The van der Waals surface area contributed by atoms with Gasteiger partial charge in [0, 0.05) is 37.7 Å². The van der Waals surface area contributed by atoms with E-state index in [4.69, 9.17) is 36.8 Å². The van der Waals surface area contributed by atoms with E-state index >= 15 is 0 Å². The average Bonchev–Trinajstić information content (AvgIpc) is 2.74. The molecule has 10 heteroatoms. The molecule has 9 nitrogen and oxygen atoms in total. The number of hydrogen-bond acceptors (Lipinski definition) is 6. The van der Waals surface area contributed by atoms with E-state index in [1.807, 2.05) is 18.2 Å². The second-order valence-corrected chi connectivity index (χ2v) is 7.36. The summed E-state index contributed by atoms with van der Waals surface area (Å²) in [5.74, 6) is -0.923. The standard InChI is InChI=1S/C21H25ClN2O3.HNO3/c22-19-8-6-18(7-9-19)21(17-4-2-1-3-5-17)24-12-10-23(11-13-24)14-15-27-16-20(25)26;2-1(3)4/h1-9,21H,10-16H2,(H,25,26);(H,2,3,4). The Morgan fingerprint density at radius 1 is 1.06 bits per heavy atom. The number of benzene rings is 2. The van der Waals surface area contributed by atoms with Crippen LogP contribution in [-0.4, -0.2) is 77.1 Å². The van der Waals surface area contributed by atoms with Gasteiger partial charge in [0.05, 0.1) is 12.6 Å². The highest BCUT2D eigenvalue weighted by molar-refractivity contribution is 6.30. The minimum absolute atomic E-state index is 0.203. The van der Waals surface area contributed by atoms with Crippen LogP contribution in [0.1, 0.15) is 17.2 Å². The van der Waals surface area contributed by atoms with Gasteiger partial charge >= 0.3 is 5.97 Å². The summed E-state index contributed by atoms with van der Waals surface area (Å²) >= 11 is 6.08. The highest BCUT2D eigenvalue weighted by Gasteiger charge is 2.26. The fraction of sp³-hybridized carbons (Fsp3) is 0.381. The average molecular weight is 452 g/mol. The van der Waals surface area contributed by atoms with Gasteiger partial charge in [0.1, 0.15) is 6.61 Å². The van der Waals surface area contributed by atoms with E-state index < -0.39 is 11.1 Å². The van der Waals surface area contributed by atoms with Crippen LogP contribution in [0.15, 0.2) is 54.6 Å². The minimum atomic E-state index is -1.50. The topological polar surface area (TPSA) is 116 Å². The van der Waals surface area contributed by atoms with Gasteiger partial charge in [0.15, 0.2) is 0 Å².